The molecule has 0 saturated carbocycles. The molecule has 0 atom stereocenters. The third-order valence-corrected chi connectivity index (χ3v) is 3.02. The van der Waals surface area contributed by atoms with E-state index in [2.05, 4.69) is 5.32 Å². The van der Waals surface area contributed by atoms with Crippen LogP contribution in [0, 0.1) is 0 Å². The van der Waals surface area contributed by atoms with Crippen molar-refractivity contribution in [3.05, 3.63) is 58.1 Å². The maximum Gasteiger partial charge on any atom is 0.255 e. The number of aromatic hydroxyl groups is 1. The number of anilines is 1. The minimum Gasteiger partial charge on any atom is -0.508 e. The lowest BCUT2D eigenvalue weighted by atomic mass is 10.2. The molecule has 0 fully saturated rings. The van der Waals surface area contributed by atoms with Crippen LogP contribution < -0.4 is 5.32 Å². The Kier molecular flexibility index (Phi) is 3.75. The van der Waals surface area contributed by atoms with Crippen LogP contribution >= 0.6 is 23.2 Å². The van der Waals surface area contributed by atoms with Crippen molar-refractivity contribution in [1.29, 1.82) is 0 Å². The maximum absolute atomic E-state index is 11.9. The van der Waals surface area contributed by atoms with E-state index in [0.717, 1.165) is 0 Å². The molecule has 3 nitrogen and oxygen atoms in total. The molecular weight excluding hydrogens is 273 g/mol. The van der Waals surface area contributed by atoms with Crippen molar-refractivity contribution >= 4 is 34.8 Å². The molecule has 92 valence electrons. The standard InChI is InChI=1S/C13H9Cl2NO2/c14-11-5-4-9(7-12(11)15)16-13(18)8-2-1-3-10(17)6-8/h1-7,17H,(H,16,18). The van der Waals surface area contributed by atoms with Crippen molar-refractivity contribution in [2.45, 2.75) is 0 Å². The number of hydrogen-bond acceptors (Lipinski definition) is 2. The highest BCUT2D eigenvalue weighted by atomic mass is 35.5. The molecule has 0 bridgehead atoms. The number of benzene rings is 2. The molecule has 0 spiro atoms. The second kappa shape index (κ2) is 5.29. The van der Waals surface area contributed by atoms with E-state index < -0.39 is 0 Å². The van der Waals surface area contributed by atoms with E-state index in [1.54, 1.807) is 30.3 Å². The predicted octanol–water partition coefficient (Wildman–Crippen LogP) is 3.95. The molecule has 18 heavy (non-hydrogen) atoms. The highest BCUT2D eigenvalue weighted by Gasteiger charge is 2.07. The Morgan fingerprint density at radius 3 is 2.50 bits per heavy atom. The zero-order valence-electron chi connectivity index (χ0n) is 9.15. The van der Waals surface area contributed by atoms with E-state index in [9.17, 15) is 9.90 Å². The van der Waals surface area contributed by atoms with Gasteiger partial charge in [-0.25, -0.2) is 0 Å². The van der Waals surface area contributed by atoms with E-state index in [1.807, 2.05) is 0 Å². The molecule has 0 aliphatic rings. The first kappa shape index (κ1) is 12.7. The third kappa shape index (κ3) is 2.94. The fourth-order valence-corrected chi connectivity index (χ4v) is 1.72. The fourth-order valence-electron chi connectivity index (χ4n) is 1.42. The summed E-state index contributed by atoms with van der Waals surface area (Å²) in [6.45, 7) is 0. The van der Waals surface area contributed by atoms with E-state index >= 15 is 0 Å². The number of rotatable bonds is 2. The van der Waals surface area contributed by atoms with Gasteiger partial charge in [0.2, 0.25) is 0 Å². The van der Waals surface area contributed by atoms with Crippen molar-refractivity contribution in [1.82, 2.24) is 0 Å². The molecule has 0 aliphatic carbocycles. The average molecular weight is 282 g/mol. The highest BCUT2D eigenvalue weighted by Crippen LogP contribution is 2.25. The van der Waals surface area contributed by atoms with Crippen LogP contribution in [0.15, 0.2) is 42.5 Å². The number of carbonyl (C=O) groups excluding carboxylic acids is 1. The van der Waals surface area contributed by atoms with Crippen LogP contribution in [0.5, 0.6) is 5.75 Å². The molecule has 0 aliphatic heterocycles. The molecular formula is C13H9Cl2NO2. The molecule has 0 radical (unpaired) electrons. The number of amides is 1. The van der Waals surface area contributed by atoms with Crippen molar-refractivity contribution in [3.63, 3.8) is 0 Å². The molecule has 2 N–H and O–H groups in total. The summed E-state index contributed by atoms with van der Waals surface area (Å²) < 4.78 is 0. The number of hydrogen-bond donors (Lipinski definition) is 2. The zero-order chi connectivity index (χ0) is 13.1. The van der Waals surface area contributed by atoms with E-state index in [4.69, 9.17) is 23.2 Å². The number of phenols is 1. The minimum atomic E-state index is -0.329. The number of carbonyl (C=O) groups is 1. The topological polar surface area (TPSA) is 49.3 Å². The van der Waals surface area contributed by atoms with Gasteiger partial charge in [-0.1, -0.05) is 29.3 Å². The normalized spacial score (nSPS) is 10.1. The SMILES string of the molecule is O=C(Nc1ccc(Cl)c(Cl)c1)c1cccc(O)c1. The summed E-state index contributed by atoms with van der Waals surface area (Å²) in [5.41, 5.74) is 0.902. The van der Waals surface area contributed by atoms with Crippen molar-refractivity contribution in [2.24, 2.45) is 0 Å². The second-order valence-electron chi connectivity index (χ2n) is 3.63. The Bertz CT molecular complexity index is 599. The van der Waals surface area contributed by atoms with Gasteiger partial charge in [-0.2, -0.15) is 0 Å². The Labute approximate surface area is 114 Å². The quantitative estimate of drug-likeness (QED) is 0.876. The molecule has 0 unspecified atom stereocenters. The van der Waals surface area contributed by atoms with Crippen molar-refractivity contribution < 1.29 is 9.90 Å². The van der Waals surface area contributed by atoms with Gasteiger partial charge < -0.3 is 10.4 Å². The van der Waals surface area contributed by atoms with Crippen LogP contribution in [0.4, 0.5) is 5.69 Å². The molecule has 0 heterocycles. The lowest BCUT2D eigenvalue weighted by Crippen LogP contribution is -2.11. The van der Waals surface area contributed by atoms with Crippen LogP contribution in [-0.4, -0.2) is 11.0 Å². The molecule has 2 aromatic carbocycles. The summed E-state index contributed by atoms with van der Waals surface area (Å²) in [6.07, 6.45) is 0. The van der Waals surface area contributed by atoms with Gasteiger partial charge in [0, 0.05) is 11.3 Å². The largest absolute Gasteiger partial charge is 0.508 e. The van der Waals surface area contributed by atoms with Gasteiger partial charge in [0.1, 0.15) is 5.75 Å². The smallest absolute Gasteiger partial charge is 0.255 e. The van der Waals surface area contributed by atoms with Gasteiger partial charge in [0.25, 0.3) is 5.91 Å². The molecule has 0 aromatic heterocycles. The predicted molar refractivity (Wildman–Crippen MR) is 72.5 cm³/mol. The van der Waals surface area contributed by atoms with Gasteiger partial charge in [-0.3, -0.25) is 4.79 Å². The minimum absolute atomic E-state index is 0.0387. The van der Waals surface area contributed by atoms with Crippen LogP contribution in [0.2, 0.25) is 10.0 Å². The summed E-state index contributed by atoms with van der Waals surface area (Å²) in [5.74, 6) is -0.291. The summed E-state index contributed by atoms with van der Waals surface area (Å²) in [4.78, 5) is 11.9. The van der Waals surface area contributed by atoms with Gasteiger partial charge >= 0.3 is 0 Å². The Hall–Kier alpha value is -1.71. The van der Waals surface area contributed by atoms with E-state index in [0.29, 0.717) is 21.3 Å². The summed E-state index contributed by atoms with van der Waals surface area (Å²) >= 11 is 11.6. The molecule has 1 amide bonds. The fraction of sp³-hybridized carbons (Fsp3) is 0. The second-order valence-corrected chi connectivity index (χ2v) is 4.45. The highest BCUT2D eigenvalue weighted by molar-refractivity contribution is 6.42. The third-order valence-electron chi connectivity index (χ3n) is 2.29. The van der Waals surface area contributed by atoms with E-state index in [-0.39, 0.29) is 11.7 Å². The number of nitrogens with one attached hydrogen (secondary N) is 1. The lowest BCUT2D eigenvalue weighted by Gasteiger charge is -2.06. The van der Waals surface area contributed by atoms with Crippen molar-refractivity contribution in [3.8, 4) is 5.75 Å². The van der Waals surface area contributed by atoms with Crippen molar-refractivity contribution in [2.75, 3.05) is 5.32 Å². The molecule has 0 saturated heterocycles. The van der Waals surface area contributed by atoms with Crippen LogP contribution in [0.3, 0.4) is 0 Å². The zero-order valence-corrected chi connectivity index (χ0v) is 10.7. The molecule has 2 rings (SSSR count). The van der Waals surface area contributed by atoms with Crippen LogP contribution in [0.25, 0.3) is 0 Å². The lowest BCUT2D eigenvalue weighted by molar-refractivity contribution is 0.102. The summed E-state index contributed by atoms with van der Waals surface area (Å²) in [7, 11) is 0. The van der Waals surface area contributed by atoms with Gasteiger partial charge in [-0.15, -0.1) is 0 Å². The maximum atomic E-state index is 11.9. The molecule has 5 heteroatoms. The summed E-state index contributed by atoms with van der Waals surface area (Å²) in [6, 6.07) is 10.9. The van der Waals surface area contributed by atoms with Crippen LogP contribution in [0.1, 0.15) is 10.4 Å². The first-order valence-electron chi connectivity index (χ1n) is 5.12. The first-order chi connectivity index (χ1) is 8.56. The van der Waals surface area contributed by atoms with Gasteiger partial charge in [-0.05, 0) is 36.4 Å². The Morgan fingerprint density at radius 2 is 1.83 bits per heavy atom. The Balaban J connectivity index is 2.18. The number of halogens is 2. The van der Waals surface area contributed by atoms with E-state index in [1.165, 1.54) is 12.1 Å². The summed E-state index contributed by atoms with van der Waals surface area (Å²) in [5, 5.41) is 12.7. The van der Waals surface area contributed by atoms with Gasteiger partial charge in [0.05, 0.1) is 10.0 Å². The average Bonchev–Trinajstić information content (AvgIpc) is 2.34. The Morgan fingerprint density at radius 1 is 1.06 bits per heavy atom. The monoisotopic (exact) mass is 281 g/mol. The van der Waals surface area contributed by atoms with Gasteiger partial charge in [0.15, 0.2) is 0 Å². The molecule has 2 aromatic rings. The van der Waals surface area contributed by atoms with Crippen LogP contribution in [-0.2, 0) is 0 Å². The number of phenolic OH excluding ortho intramolecular Hbond substituents is 1. The first-order valence-corrected chi connectivity index (χ1v) is 5.87.